The van der Waals surface area contributed by atoms with Crippen LogP contribution in [0.1, 0.15) is 43.2 Å². The Hall–Kier alpha value is -1.39. The maximum atomic E-state index is 13.1. The molecule has 130 valence electrons. The van der Waals surface area contributed by atoms with Gasteiger partial charge in [0.15, 0.2) is 0 Å². The highest BCUT2D eigenvalue weighted by Gasteiger charge is 2.53. The first-order valence-electron chi connectivity index (χ1n) is 9.39. The molecule has 1 amide bonds. The van der Waals surface area contributed by atoms with Crippen molar-refractivity contribution in [1.82, 2.24) is 9.80 Å². The number of carbonyl (C=O) groups excluding carboxylic acids is 1. The summed E-state index contributed by atoms with van der Waals surface area (Å²) < 4.78 is 0. The maximum Gasteiger partial charge on any atom is 0.233 e. The Bertz CT molecular complexity index is 618. The quantitative estimate of drug-likeness (QED) is 0.924. The molecule has 1 aromatic carbocycles. The molecule has 24 heavy (non-hydrogen) atoms. The van der Waals surface area contributed by atoms with Crippen LogP contribution in [-0.4, -0.2) is 59.1 Å². The van der Waals surface area contributed by atoms with E-state index in [4.69, 9.17) is 0 Å². The Morgan fingerprint density at radius 1 is 1.17 bits per heavy atom. The number of hydrogen-bond acceptors (Lipinski definition) is 3. The summed E-state index contributed by atoms with van der Waals surface area (Å²) in [7, 11) is 0. The number of hydrogen-bond donors (Lipinski definition) is 1. The van der Waals surface area contributed by atoms with E-state index in [9.17, 15) is 9.90 Å². The van der Waals surface area contributed by atoms with Gasteiger partial charge in [-0.25, -0.2) is 0 Å². The molecular weight excluding hydrogens is 300 g/mol. The number of piperazine rings is 1. The number of aliphatic hydroxyl groups excluding tert-OH is 1. The average Bonchev–Trinajstić information content (AvgIpc) is 3.30. The molecule has 1 saturated heterocycles. The number of rotatable bonds is 3. The van der Waals surface area contributed by atoms with Crippen LogP contribution >= 0.6 is 0 Å². The molecule has 0 radical (unpaired) electrons. The van der Waals surface area contributed by atoms with Crippen molar-refractivity contribution in [1.29, 1.82) is 0 Å². The molecular formula is C20H28N2O2. The molecule has 4 rings (SSSR count). The monoisotopic (exact) mass is 328 g/mol. The van der Waals surface area contributed by atoms with Gasteiger partial charge in [-0.2, -0.15) is 0 Å². The molecule has 0 spiro atoms. The second-order valence-corrected chi connectivity index (χ2v) is 7.85. The molecule has 0 unspecified atom stereocenters. The van der Waals surface area contributed by atoms with Crippen molar-refractivity contribution in [2.75, 3.05) is 26.2 Å². The first-order chi connectivity index (χ1) is 11.6. The van der Waals surface area contributed by atoms with Gasteiger partial charge in [0.2, 0.25) is 5.91 Å². The molecule has 1 N–H and O–H groups in total. The minimum atomic E-state index is -0.249. The SMILES string of the molecule is Cc1cccc(C2(C(=O)N3CCN([C@@H]4CCC[C@@H]4O)CC3)CC2)c1. The van der Waals surface area contributed by atoms with Crippen molar-refractivity contribution in [3.63, 3.8) is 0 Å². The van der Waals surface area contributed by atoms with E-state index in [1.54, 1.807) is 0 Å². The molecule has 1 aliphatic heterocycles. The second kappa shape index (κ2) is 6.16. The van der Waals surface area contributed by atoms with Crippen molar-refractivity contribution in [2.45, 2.75) is 56.6 Å². The first-order valence-corrected chi connectivity index (χ1v) is 9.39. The first kappa shape index (κ1) is 16.1. The van der Waals surface area contributed by atoms with Crippen molar-refractivity contribution < 1.29 is 9.90 Å². The van der Waals surface area contributed by atoms with Gasteiger partial charge in [-0.05, 0) is 44.6 Å². The van der Waals surface area contributed by atoms with Gasteiger partial charge < -0.3 is 10.0 Å². The Morgan fingerprint density at radius 3 is 2.50 bits per heavy atom. The van der Waals surface area contributed by atoms with Gasteiger partial charge in [0.1, 0.15) is 0 Å². The second-order valence-electron chi connectivity index (χ2n) is 7.85. The topological polar surface area (TPSA) is 43.8 Å². The van der Waals surface area contributed by atoms with Gasteiger partial charge in [0, 0.05) is 32.2 Å². The Balaban J connectivity index is 1.41. The van der Waals surface area contributed by atoms with Crippen molar-refractivity contribution in [3.8, 4) is 0 Å². The summed E-state index contributed by atoms with van der Waals surface area (Å²) >= 11 is 0. The molecule has 0 bridgehead atoms. The third-order valence-electron chi connectivity index (χ3n) is 6.24. The summed E-state index contributed by atoms with van der Waals surface area (Å²) in [6.45, 7) is 5.50. The summed E-state index contributed by atoms with van der Waals surface area (Å²) in [4.78, 5) is 17.6. The zero-order valence-corrected chi connectivity index (χ0v) is 14.6. The van der Waals surface area contributed by atoms with Crippen LogP contribution in [0.5, 0.6) is 0 Å². The minimum absolute atomic E-state index is 0.172. The third kappa shape index (κ3) is 2.76. The minimum Gasteiger partial charge on any atom is -0.391 e. The van der Waals surface area contributed by atoms with E-state index in [0.29, 0.717) is 11.9 Å². The highest BCUT2D eigenvalue weighted by Crippen LogP contribution is 2.50. The fraction of sp³-hybridized carbons (Fsp3) is 0.650. The standard InChI is InChI=1S/C20H28N2O2/c1-15-4-2-5-16(14-15)20(8-9-20)19(24)22-12-10-21(11-13-22)17-6-3-7-18(17)23/h2,4-5,14,17-18,23H,3,6-13H2,1H3/t17-,18+/m1/s1. The van der Waals surface area contributed by atoms with E-state index >= 15 is 0 Å². The number of aryl methyl sites for hydroxylation is 1. The molecule has 3 aliphatic rings. The van der Waals surface area contributed by atoms with Crippen LogP contribution < -0.4 is 0 Å². The van der Waals surface area contributed by atoms with Crippen molar-refractivity contribution >= 4 is 5.91 Å². The Labute approximate surface area is 144 Å². The molecule has 1 heterocycles. The summed E-state index contributed by atoms with van der Waals surface area (Å²) in [5.74, 6) is 0.319. The van der Waals surface area contributed by atoms with Crippen LogP contribution in [0.15, 0.2) is 24.3 Å². The van der Waals surface area contributed by atoms with E-state index in [1.165, 1.54) is 11.1 Å². The van der Waals surface area contributed by atoms with Gasteiger partial charge >= 0.3 is 0 Å². The number of benzene rings is 1. The molecule has 0 aromatic heterocycles. The number of amides is 1. The van der Waals surface area contributed by atoms with E-state index in [-0.39, 0.29) is 11.5 Å². The fourth-order valence-electron chi connectivity index (χ4n) is 4.60. The average molecular weight is 328 g/mol. The van der Waals surface area contributed by atoms with Crippen LogP contribution in [0.4, 0.5) is 0 Å². The molecule has 1 aromatic rings. The van der Waals surface area contributed by atoms with Crippen molar-refractivity contribution in [3.05, 3.63) is 35.4 Å². The lowest BCUT2D eigenvalue weighted by Crippen LogP contribution is -2.55. The molecule has 2 saturated carbocycles. The summed E-state index contributed by atoms with van der Waals surface area (Å²) in [6, 6.07) is 8.76. The predicted molar refractivity (Wildman–Crippen MR) is 93.9 cm³/mol. The van der Waals surface area contributed by atoms with Crippen LogP contribution in [0, 0.1) is 6.92 Å². The zero-order chi connectivity index (χ0) is 16.7. The van der Waals surface area contributed by atoms with Crippen molar-refractivity contribution in [2.24, 2.45) is 0 Å². The van der Waals surface area contributed by atoms with Gasteiger partial charge in [0.05, 0.1) is 11.5 Å². The van der Waals surface area contributed by atoms with E-state index in [1.807, 2.05) is 0 Å². The number of nitrogens with zero attached hydrogens (tertiary/aromatic N) is 2. The van der Waals surface area contributed by atoms with E-state index in [2.05, 4.69) is 41.0 Å². The van der Waals surface area contributed by atoms with E-state index in [0.717, 1.165) is 58.3 Å². The lowest BCUT2D eigenvalue weighted by atomic mass is 9.92. The third-order valence-corrected chi connectivity index (χ3v) is 6.24. The van der Waals surface area contributed by atoms with Crippen LogP contribution in [-0.2, 0) is 10.2 Å². The van der Waals surface area contributed by atoms with Gasteiger partial charge in [-0.3, -0.25) is 9.69 Å². The van der Waals surface area contributed by atoms with Crippen LogP contribution in [0.2, 0.25) is 0 Å². The maximum absolute atomic E-state index is 13.1. The van der Waals surface area contributed by atoms with Gasteiger partial charge in [0.25, 0.3) is 0 Å². The lowest BCUT2D eigenvalue weighted by Gasteiger charge is -2.40. The highest BCUT2D eigenvalue weighted by molar-refractivity contribution is 5.91. The molecule has 4 heteroatoms. The summed E-state index contributed by atoms with van der Waals surface area (Å²) in [5.41, 5.74) is 2.17. The smallest absolute Gasteiger partial charge is 0.233 e. The van der Waals surface area contributed by atoms with Crippen LogP contribution in [0.25, 0.3) is 0 Å². The fourth-order valence-corrected chi connectivity index (χ4v) is 4.60. The molecule has 4 nitrogen and oxygen atoms in total. The Morgan fingerprint density at radius 2 is 1.92 bits per heavy atom. The van der Waals surface area contributed by atoms with E-state index < -0.39 is 0 Å². The number of carbonyl (C=O) groups is 1. The molecule has 2 aliphatic carbocycles. The summed E-state index contributed by atoms with van der Waals surface area (Å²) in [6.07, 6.45) is 4.95. The highest BCUT2D eigenvalue weighted by atomic mass is 16.3. The number of aliphatic hydroxyl groups is 1. The van der Waals surface area contributed by atoms with Gasteiger partial charge in [-0.1, -0.05) is 29.8 Å². The molecule has 2 atom stereocenters. The zero-order valence-electron chi connectivity index (χ0n) is 14.6. The van der Waals surface area contributed by atoms with Gasteiger partial charge in [-0.15, -0.1) is 0 Å². The Kier molecular flexibility index (Phi) is 4.13. The lowest BCUT2D eigenvalue weighted by molar-refractivity contribution is -0.136. The molecule has 3 fully saturated rings. The largest absolute Gasteiger partial charge is 0.391 e. The predicted octanol–water partition coefficient (Wildman–Crippen LogP) is 2.08. The van der Waals surface area contributed by atoms with Crippen LogP contribution in [0.3, 0.4) is 0 Å². The normalized spacial score (nSPS) is 29.7. The summed E-state index contributed by atoms with van der Waals surface area (Å²) in [5, 5.41) is 10.1.